The van der Waals surface area contributed by atoms with Crippen molar-refractivity contribution in [3.05, 3.63) is 34.5 Å². The van der Waals surface area contributed by atoms with E-state index in [9.17, 15) is 4.79 Å². The van der Waals surface area contributed by atoms with E-state index in [1.165, 1.54) is 38.5 Å². The molecular weight excluding hydrogens is 448 g/mol. The monoisotopic (exact) mass is 486 g/mol. The number of unbranched alkanes of at least 4 members (excludes halogenated alkanes) is 7. The zero-order valence-electron chi connectivity index (χ0n) is 21.2. The molecule has 34 heavy (non-hydrogen) atoms. The van der Waals surface area contributed by atoms with Gasteiger partial charge in [-0.15, -0.1) is 5.10 Å². The Bertz CT molecular complexity index is 1090. The number of nitrogens with zero attached hydrogens (tertiary/aromatic N) is 3. The quantitative estimate of drug-likeness (QED) is 0.249. The first-order chi connectivity index (χ1) is 16.2. The number of amides is 2. The number of hydrogen-bond acceptors (Lipinski definition) is 3. The number of H-pyrrole nitrogens is 1. The summed E-state index contributed by atoms with van der Waals surface area (Å²) < 4.78 is 1.61. The molecule has 2 aromatic heterocycles. The molecule has 0 radical (unpaired) electrons. The fourth-order valence-electron chi connectivity index (χ4n) is 3.94. The highest BCUT2D eigenvalue weighted by atomic mass is 35.5. The van der Waals surface area contributed by atoms with Crippen LogP contribution in [0.1, 0.15) is 90.3 Å². The van der Waals surface area contributed by atoms with Crippen molar-refractivity contribution in [1.29, 1.82) is 0 Å². The summed E-state index contributed by atoms with van der Waals surface area (Å²) in [6, 6.07) is 5.62. The number of hydrogen-bond donors (Lipinski definition) is 3. The molecule has 7 nitrogen and oxygen atoms in total. The molecule has 2 amide bonds. The zero-order chi connectivity index (χ0) is 24.7. The number of carbonyl (C=O) groups is 1. The van der Waals surface area contributed by atoms with Gasteiger partial charge in [0.15, 0.2) is 11.5 Å². The molecule has 0 aliphatic rings. The number of carbonyl (C=O) groups excluding carboxylic acids is 1. The summed E-state index contributed by atoms with van der Waals surface area (Å²) in [5.74, 6) is 0.552. The average molecular weight is 487 g/mol. The molecule has 1 aromatic carbocycles. The minimum Gasteiger partial charge on any atom is -0.338 e. The summed E-state index contributed by atoms with van der Waals surface area (Å²) in [4.78, 5) is 17.0. The van der Waals surface area contributed by atoms with Crippen LogP contribution >= 0.6 is 11.6 Å². The van der Waals surface area contributed by atoms with Crippen molar-refractivity contribution in [3.8, 4) is 11.4 Å². The Morgan fingerprint density at radius 3 is 2.41 bits per heavy atom. The molecule has 0 atom stereocenters. The SMILES string of the molecule is CCCCCCCCCCNC(=O)Nc1cc(-c2nc3c(Cl)c(C(C)(C)C)[nH]n3n2)ccc1C. The number of benzene rings is 1. The van der Waals surface area contributed by atoms with Crippen molar-refractivity contribution in [2.75, 3.05) is 11.9 Å². The van der Waals surface area contributed by atoms with E-state index in [1.54, 1.807) is 4.63 Å². The Morgan fingerprint density at radius 2 is 1.76 bits per heavy atom. The van der Waals surface area contributed by atoms with Crippen molar-refractivity contribution in [2.45, 2.75) is 91.4 Å². The minimum atomic E-state index is -0.189. The van der Waals surface area contributed by atoms with Crippen LogP contribution in [0.5, 0.6) is 0 Å². The number of nitrogens with one attached hydrogen (secondary N) is 3. The van der Waals surface area contributed by atoms with Gasteiger partial charge in [0, 0.05) is 23.2 Å². The van der Waals surface area contributed by atoms with Crippen LogP contribution < -0.4 is 10.6 Å². The second-order valence-corrected chi connectivity index (χ2v) is 10.5. The van der Waals surface area contributed by atoms with Gasteiger partial charge in [-0.2, -0.15) is 4.63 Å². The number of rotatable bonds is 11. The molecule has 0 fully saturated rings. The molecule has 3 rings (SSSR count). The predicted molar refractivity (Wildman–Crippen MR) is 141 cm³/mol. The maximum atomic E-state index is 12.4. The van der Waals surface area contributed by atoms with Crippen LogP contribution in [0.3, 0.4) is 0 Å². The van der Waals surface area contributed by atoms with Crippen LogP contribution in [-0.2, 0) is 5.41 Å². The van der Waals surface area contributed by atoms with Crippen LogP contribution in [-0.4, -0.2) is 32.4 Å². The second-order valence-electron chi connectivity index (χ2n) is 10.1. The van der Waals surface area contributed by atoms with Crippen molar-refractivity contribution >= 4 is 29.0 Å². The van der Waals surface area contributed by atoms with E-state index in [1.807, 2.05) is 25.1 Å². The number of halogens is 1. The lowest BCUT2D eigenvalue weighted by molar-refractivity contribution is 0.252. The summed E-state index contributed by atoms with van der Waals surface area (Å²) in [6.45, 7) is 11.1. The molecular formula is C26H39ClN6O. The third-order valence-corrected chi connectivity index (χ3v) is 6.41. The molecule has 186 valence electrons. The Hall–Kier alpha value is -2.54. The highest BCUT2D eigenvalue weighted by Crippen LogP contribution is 2.32. The van der Waals surface area contributed by atoms with Crippen molar-refractivity contribution in [1.82, 2.24) is 25.1 Å². The number of aryl methyl sites for hydroxylation is 1. The number of urea groups is 1. The molecule has 0 aliphatic carbocycles. The van der Waals surface area contributed by atoms with E-state index >= 15 is 0 Å². The maximum Gasteiger partial charge on any atom is 0.319 e. The van der Waals surface area contributed by atoms with E-state index in [4.69, 9.17) is 11.6 Å². The molecule has 3 aromatic rings. The summed E-state index contributed by atoms with van der Waals surface area (Å²) in [5.41, 5.74) is 3.89. The first kappa shape index (κ1) is 26.1. The van der Waals surface area contributed by atoms with Crippen molar-refractivity contribution in [3.63, 3.8) is 0 Å². The zero-order valence-corrected chi connectivity index (χ0v) is 22.0. The van der Waals surface area contributed by atoms with Crippen molar-refractivity contribution in [2.24, 2.45) is 0 Å². The van der Waals surface area contributed by atoms with E-state index in [-0.39, 0.29) is 11.4 Å². The molecule has 0 spiro atoms. The summed E-state index contributed by atoms with van der Waals surface area (Å²) in [5, 5.41) is 14.3. The van der Waals surface area contributed by atoms with Gasteiger partial charge < -0.3 is 10.6 Å². The lowest BCUT2D eigenvalue weighted by Crippen LogP contribution is -2.29. The van der Waals surface area contributed by atoms with Crippen LogP contribution in [0.25, 0.3) is 17.0 Å². The Kier molecular flexibility index (Phi) is 9.00. The maximum absolute atomic E-state index is 12.4. The number of fused-ring (bicyclic) bond motifs is 1. The highest BCUT2D eigenvalue weighted by molar-refractivity contribution is 6.34. The first-order valence-corrected chi connectivity index (χ1v) is 12.9. The molecule has 0 unspecified atom stereocenters. The van der Waals surface area contributed by atoms with E-state index in [2.05, 4.69) is 53.5 Å². The van der Waals surface area contributed by atoms with E-state index in [0.29, 0.717) is 23.0 Å². The van der Waals surface area contributed by atoms with Crippen LogP contribution in [0, 0.1) is 6.92 Å². The van der Waals surface area contributed by atoms with E-state index < -0.39 is 0 Å². The molecule has 8 heteroatoms. The molecule has 2 heterocycles. The Morgan fingerprint density at radius 1 is 1.09 bits per heavy atom. The predicted octanol–water partition coefficient (Wildman–Crippen LogP) is 7.25. The third kappa shape index (κ3) is 6.75. The average Bonchev–Trinajstić information content (AvgIpc) is 3.33. The van der Waals surface area contributed by atoms with Crippen LogP contribution in [0.15, 0.2) is 18.2 Å². The fraction of sp³-hybridized carbons (Fsp3) is 0.577. The topological polar surface area (TPSA) is 87.1 Å². The Balaban J connectivity index is 1.55. The van der Waals surface area contributed by atoms with Gasteiger partial charge in [0.2, 0.25) is 0 Å². The molecule has 0 aliphatic heterocycles. The summed E-state index contributed by atoms with van der Waals surface area (Å²) >= 11 is 6.56. The van der Waals surface area contributed by atoms with Crippen LogP contribution in [0.2, 0.25) is 5.02 Å². The minimum absolute atomic E-state index is 0.136. The van der Waals surface area contributed by atoms with Gasteiger partial charge >= 0.3 is 6.03 Å². The number of aromatic amines is 1. The van der Waals surface area contributed by atoms with Gasteiger partial charge in [-0.3, -0.25) is 5.10 Å². The smallest absolute Gasteiger partial charge is 0.319 e. The second kappa shape index (κ2) is 11.7. The normalized spacial score (nSPS) is 11.8. The highest BCUT2D eigenvalue weighted by Gasteiger charge is 2.24. The molecule has 3 N–H and O–H groups in total. The first-order valence-electron chi connectivity index (χ1n) is 12.5. The third-order valence-electron chi connectivity index (χ3n) is 6.05. The lowest BCUT2D eigenvalue weighted by Gasteiger charge is -2.16. The van der Waals surface area contributed by atoms with Crippen molar-refractivity contribution < 1.29 is 4.79 Å². The number of anilines is 1. The number of aromatic nitrogens is 4. The van der Waals surface area contributed by atoms with Gasteiger partial charge in [0.1, 0.15) is 5.02 Å². The molecule has 0 saturated carbocycles. The lowest BCUT2D eigenvalue weighted by atomic mass is 9.92. The van der Waals surface area contributed by atoms with Gasteiger partial charge in [0.05, 0.1) is 5.69 Å². The van der Waals surface area contributed by atoms with Gasteiger partial charge in [-0.1, -0.05) is 96.4 Å². The Labute approximate surface area is 208 Å². The largest absolute Gasteiger partial charge is 0.338 e. The molecule has 0 saturated heterocycles. The van der Waals surface area contributed by atoms with Gasteiger partial charge in [0.25, 0.3) is 0 Å². The van der Waals surface area contributed by atoms with Gasteiger partial charge in [-0.05, 0) is 25.0 Å². The van der Waals surface area contributed by atoms with E-state index in [0.717, 1.165) is 35.3 Å². The fourth-order valence-corrected chi connectivity index (χ4v) is 4.39. The summed E-state index contributed by atoms with van der Waals surface area (Å²) in [7, 11) is 0. The molecule has 0 bridgehead atoms. The standard InChI is InChI=1S/C26H39ClN6O/c1-6-7-8-9-10-11-12-13-16-28-25(34)29-20-17-19(15-14-18(20)2)23-30-24-21(27)22(26(3,4)5)31-33(24)32-23/h14-15,17,31H,6-13,16H2,1-5H3,(H2,28,29,34). The van der Waals surface area contributed by atoms with Gasteiger partial charge in [-0.25, -0.2) is 9.78 Å². The summed E-state index contributed by atoms with van der Waals surface area (Å²) in [6.07, 6.45) is 9.96. The van der Waals surface area contributed by atoms with Crippen LogP contribution in [0.4, 0.5) is 10.5 Å².